The first kappa shape index (κ1) is 25.6. The Hall–Kier alpha value is -3.63. The number of para-hydroxylation sites is 1. The molecule has 0 radical (unpaired) electrons. The molecule has 4 heterocycles. The molecule has 2 unspecified atom stereocenters. The van der Waals surface area contributed by atoms with Crippen molar-refractivity contribution in [3.63, 3.8) is 0 Å². The first-order chi connectivity index (χ1) is 19.0. The first-order valence-corrected chi connectivity index (χ1v) is 13.4. The van der Waals surface area contributed by atoms with Gasteiger partial charge >= 0.3 is 5.97 Å². The van der Waals surface area contributed by atoms with Crippen molar-refractivity contribution in [2.24, 2.45) is 0 Å². The van der Waals surface area contributed by atoms with Gasteiger partial charge in [-0.15, -0.1) is 0 Å². The third-order valence-corrected chi connectivity index (χ3v) is 7.60. The number of hydrogen-bond acceptors (Lipinski definition) is 7. The Bertz CT molecular complexity index is 1530. The lowest BCUT2D eigenvalue weighted by Crippen LogP contribution is -2.36. The minimum Gasteiger partial charge on any atom is -0.494 e. The lowest BCUT2D eigenvalue weighted by atomic mass is 10.00. The van der Waals surface area contributed by atoms with E-state index in [0.717, 1.165) is 29.9 Å². The van der Waals surface area contributed by atoms with Gasteiger partial charge in [0.2, 0.25) is 0 Å². The molecular formula is C28H29ClFN5O4. The molecule has 2 aromatic carbocycles. The minimum atomic E-state index is -1.02. The van der Waals surface area contributed by atoms with Gasteiger partial charge in [-0.05, 0) is 19.1 Å². The van der Waals surface area contributed by atoms with Crippen molar-refractivity contribution in [3.8, 4) is 16.9 Å². The predicted molar refractivity (Wildman–Crippen MR) is 145 cm³/mol. The van der Waals surface area contributed by atoms with E-state index in [1.807, 2.05) is 24.3 Å². The molecule has 0 bridgehead atoms. The Labute approximate surface area is 230 Å². The molecule has 9 nitrogen and oxygen atoms in total. The molecule has 0 spiro atoms. The fourth-order valence-electron chi connectivity index (χ4n) is 5.54. The number of imidazole rings is 1. The van der Waals surface area contributed by atoms with Crippen molar-refractivity contribution >= 4 is 34.2 Å². The van der Waals surface area contributed by atoms with Gasteiger partial charge in [0.25, 0.3) is 0 Å². The van der Waals surface area contributed by atoms with Crippen LogP contribution in [0, 0.1) is 0 Å². The van der Waals surface area contributed by atoms with Gasteiger partial charge in [-0.25, -0.2) is 14.2 Å². The number of benzene rings is 2. The number of carbonyl (C=O) groups excluding carboxylic acids is 1. The molecule has 0 aliphatic carbocycles. The number of carbonyl (C=O) groups is 1. The zero-order valence-electron chi connectivity index (χ0n) is 21.8. The van der Waals surface area contributed by atoms with E-state index in [-0.39, 0.29) is 19.6 Å². The molecule has 39 heavy (non-hydrogen) atoms. The van der Waals surface area contributed by atoms with Crippen LogP contribution in [0.3, 0.4) is 0 Å². The summed E-state index contributed by atoms with van der Waals surface area (Å²) in [5.41, 5.74) is 4.39. The molecule has 0 amide bonds. The molecule has 6 rings (SSSR count). The molecule has 2 atom stereocenters. The summed E-state index contributed by atoms with van der Waals surface area (Å²) in [4.78, 5) is 20.0. The highest BCUT2D eigenvalue weighted by Crippen LogP contribution is 2.44. The van der Waals surface area contributed by atoms with E-state index in [4.69, 9.17) is 30.9 Å². The standard InChI is InChI=1S/C28H29ClFN5O4/c1-3-39-28(36)26(25-23-12-17(30)14-34(23)16-31-25)35-15-20-21(29)13-19(27(37-2)24(20)32-35)18-6-4-5-7-22(18)33-8-10-38-11-9-33/h4-7,13,15-17,26H,3,8-12,14H2,1-2H3. The maximum Gasteiger partial charge on any atom is 0.337 e. The lowest BCUT2D eigenvalue weighted by Gasteiger charge is -2.31. The van der Waals surface area contributed by atoms with Crippen LogP contribution in [0.15, 0.2) is 42.9 Å². The number of nitrogens with zero attached hydrogens (tertiary/aromatic N) is 5. The van der Waals surface area contributed by atoms with Gasteiger partial charge in [-0.3, -0.25) is 4.68 Å². The highest BCUT2D eigenvalue weighted by molar-refractivity contribution is 6.36. The highest BCUT2D eigenvalue weighted by Gasteiger charge is 2.35. The van der Waals surface area contributed by atoms with Crippen LogP contribution in [-0.2, 0) is 27.2 Å². The molecule has 2 aromatic heterocycles. The van der Waals surface area contributed by atoms with Crippen LogP contribution in [0.5, 0.6) is 5.75 Å². The van der Waals surface area contributed by atoms with Crippen LogP contribution < -0.4 is 9.64 Å². The summed E-state index contributed by atoms with van der Waals surface area (Å²) < 4.78 is 34.3. The zero-order valence-corrected chi connectivity index (χ0v) is 22.5. The summed E-state index contributed by atoms with van der Waals surface area (Å²) in [6, 6.07) is 8.96. The largest absolute Gasteiger partial charge is 0.494 e. The van der Waals surface area contributed by atoms with Gasteiger partial charge in [-0.2, -0.15) is 5.10 Å². The lowest BCUT2D eigenvalue weighted by molar-refractivity contribution is -0.146. The van der Waals surface area contributed by atoms with Gasteiger partial charge in [0.15, 0.2) is 11.8 Å². The van der Waals surface area contributed by atoms with Crippen LogP contribution in [0.4, 0.5) is 10.1 Å². The highest BCUT2D eigenvalue weighted by atomic mass is 35.5. The number of methoxy groups -OCH3 is 1. The normalized spacial score (nSPS) is 17.8. The summed E-state index contributed by atoms with van der Waals surface area (Å²) in [5, 5.41) is 5.89. The van der Waals surface area contributed by atoms with E-state index in [1.54, 1.807) is 31.1 Å². The molecule has 2 aliphatic heterocycles. The van der Waals surface area contributed by atoms with Crippen molar-refractivity contribution < 1.29 is 23.4 Å². The van der Waals surface area contributed by atoms with E-state index in [9.17, 15) is 9.18 Å². The Morgan fingerprint density at radius 2 is 2.05 bits per heavy atom. The van der Waals surface area contributed by atoms with Crippen LogP contribution >= 0.6 is 11.6 Å². The first-order valence-electron chi connectivity index (χ1n) is 13.0. The van der Waals surface area contributed by atoms with Gasteiger partial charge in [0.05, 0.1) is 50.5 Å². The molecule has 11 heteroatoms. The smallest absolute Gasteiger partial charge is 0.337 e. The van der Waals surface area contributed by atoms with Crippen molar-refractivity contribution in [1.82, 2.24) is 19.3 Å². The number of hydrogen-bond donors (Lipinski definition) is 0. The van der Waals surface area contributed by atoms with Crippen LogP contribution in [0.1, 0.15) is 24.4 Å². The molecule has 1 fully saturated rings. The number of fused-ring (bicyclic) bond motifs is 2. The van der Waals surface area contributed by atoms with E-state index >= 15 is 0 Å². The van der Waals surface area contributed by atoms with Crippen molar-refractivity contribution in [2.45, 2.75) is 32.1 Å². The summed E-state index contributed by atoms with van der Waals surface area (Å²) in [7, 11) is 1.59. The summed E-state index contributed by atoms with van der Waals surface area (Å²) in [6.07, 6.45) is 2.42. The Balaban J connectivity index is 1.50. The van der Waals surface area contributed by atoms with Crippen LogP contribution in [0.25, 0.3) is 22.0 Å². The van der Waals surface area contributed by atoms with Gasteiger partial charge in [0, 0.05) is 53.6 Å². The number of rotatable bonds is 7. The fraction of sp³-hybridized carbons (Fsp3) is 0.393. The average Bonchev–Trinajstić information content (AvgIpc) is 3.65. The summed E-state index contributed by atoms with van der Waals surface area (Å²) in [5.74, 6) is 0.0115. The monoisotopic (exact) mass is 553 g/mol. The fourth-order valence-corrected chi connectivity index (χ4v) is 5.78. The zero-order chi connectivity index (χ0) is 27.1. The number of ether oxygens (including phenoxy) is 3. The summed E-state index contributed by atoms with van der Waals surface area (Å²) in [6.45, 7) is 5.01. The van der Waals surface area contributed by atoms with Gasteiger partial charge in [-0.1, -0.05) is 29.8 Å². The van der Waals surface area contributed by atoms with Crippen LogP contribution in [-0.4, -0.2) is 71.5 Å². The molecule has 0 saturated carbocycles. The maximum absolute atomic E-state index is 14.2. The summed E-state index contributed by atoms with van der Waals surface area (Å²) >= 11 is 6.85. The molecule has 1 saturated heterocycles. The maximum atomic E-state index is 14.2. The van der Waals surface area contributed by atoms with E-state index in [1.165, 1.54) is 4.68 Å². The Kier molecular flexibility index (Phi) is 6.90. The molecule has 0 N–H and O–H groups in total. The molecule has 4 aromatic rings. The minimum absolute atomic E-state index is 0.179. The Morgan fingerprint density at radius 1 is 1.26 bits per heavy atom. The van der Waals surface area contributed by atoms with Crippen molar-refractivity contribution in [3.05, 3.63) is 59.3 Å². The number of morpholine rings is 1. The Morgan fingerprint density at radius 3 is 2.82 bits per heavy atom. The quantitative estimate of drug-likeness (QED) is 0.313. The predicted octanol–water partition coefficient (Wildman–Crippen LogP) is 4.45. The number of aromatic nitrogens is 4. The second-order valence-electron chi connectivity index (χ2n) is 9.61. The third-order valence-electron chi connectivity index (χ3n) is 7.29. The van der Waals surface area contributed by atoms with Crippen molar-refractivity contribution in [1.29, 1.82) is 0 Å². The molecule has 204 valence electrons. The van der Waals surface area contributed by atoms with E-state index in [2.05, 4.69) is 16.0 Å². The number of anilines is 1. The topological polar surface area (TPSA) is 83.6 Å². The van der Waals surface area contributed by atoms with E-state index < -0.39 is 18.2 Å². The number of alkyl halides is 1. The van der Waals surface area contributed by atoms with Gasteiger partial charge in [0.1, 0.15) is 11.7 Å². The number of halogens is 2. The molecular weight excluding hydrogens is 525 g/mol. The number of esters is 1. The average molecular weight is 554 g/mol. The van der Waals surface area contributed by atoms with Gasteiger partial charge < -0.3 is 23.7 Å². The molecule has 2 aliphatic rings. The van der Waals surface area contributed by atoms with E-state index in [0.29, 0.717) is 46.3 Å². The van der Waals surface area contributed by atoms with Crippen LogP contribution in [0.2, 0.25) is 5.02 Å². The second kappa shape index (κ2) is 10.5. The van der Waals surface area contributed by atoms with Crippen molar-refractivity contribution in [2.75, 3.05) is 44.9 Å². The second-order valence-corrected chi connectivity index (χ2v) is 10.0. The third kappa shape index (κ3) is 4.51. The SMILES string of the molecule is CCOC(=O)C(c1ncn2c1CC(F)C2)n1cc2c(Cl)cc(-c3ccccc3N3CCOCC3)c(OC)c2n1.